The zero-order valence-corrected chi connectivity index (χ0v) is 16.0. The lowest BCUT2D eigenvalue weighted by molar-refractivity contribution is -0.126. The number of hydrogen-bond donors (Lipinski definition) is 1. The summed E-state index contributed by atoms with van der Waals surface area (Å²) in [7, 11) is 0. The Bertz CT molecular complexity index is 681. The molecule has 4 nitrogen and oxygen atoms in total. The van der Waals surface area contributed by atoms with E-state index in [9.17, 15) is 9.59 Å². The fourth-order valence-corrected chi connectivity index (χ4v) is 4.55. The third-order valence-corrected chi connectivity index (χ3v) is 5.90. The first-order valence-electron chi connectivity index (χ1n) is 8.75. The minimum absolute atomic E-state index is 0.0584. The third kappa shape index (κ3) is 3.32. The number of ether oxygens (including phenoxy) is 1. The van der Waals surface area contributed by atoms with Crippen LogP contribution in [0, 0.1) is 6.92 Å². The topological polar surface area (TPSA) is 55.4 Å². The van der Waals surface area contributed by atoms with Gasteiger partial charge in [-0.2, -0.15) is 0 Å². The number of carbonyl (C=O) groups excluding carboxylic acids is 2. The zero-order valence-electron chi connectivity index (χ0n) is 14.5. The van der Waals surface area contributed by atoms with Crippen molar-refractivity contribution in [1.82, 2.24) is 5.32 Å². The van der Waals surface area contributed by atoms with Crippen molar-refractivity contribution in [2.75, 3.05) is 6.61 Å². The van der Waals surface area contributed by atoms with E-state index in [4.69, 9.17) is 27.9 Å². The molecule has 1 heterocycles. The first kappa shape index (κ1) is 18.7. The van der Waals surface area contributed by atoms with Crippen molar-refractivity contribution in [1.29, 1.82) is 0 Å². The number of rotatable bonds is 4. The Balaban J connectivity index is 1.91. The van der Waals surface area contributed by atoms with Crippen molar-refractivity contribution < 1.29 is 14.3 Å². The summed E-state index contributed by atoms with van der Waals surface area (Å²) in [6.45, 7) is 4.52. The van der Waals surface area contributed by atoms with Crippen molar-refractivity contribution in [2.24, 2.45) is 0 Å². The van der Waals surface area contributed by atoms with E-state index in [-0.39, 0.29) is 17.8 Å². The largest absolute Gasteiger partial charge is 0.379 e. The van der Waals surface area contributed by atoms with E-state index in [1.54, 1.807) is 6.07 Å². The number of aryl methyl sites for hydroxylation is 1. The van der Waals surface area contributed by atoms with Crippen LogP contribution in [0.1, 0.15) is 60.1 Å². The van der Waals surface area contributed by atoms with Crippen LogP contribution in [-0.4, -0.2) is 29.9 Å². The summed E-state index contributed by atoms with van der Waals surface area (Å²) in [6.07, 6.45) is 2.96. The normalized spacial score (nSPS) is 29.5. The maximum Gasteiger partial charge on any atom is 0.235 e. The van der Waals surface area contributed by atoms with Crippen LogP contribution in [0.15, 0.2) is 18.2 Å². The van der Waals surface area contributed by atoms with Crippen LogP contribution in [0.3, 0.4) is 0 Å². The molecule has 25 heavy (non-hydrogen) atoms. The van der Waals surface area contributed by atoms with Gasteiger partial charge in [-0.3, -0.25) is 9.59 Å². The number of ketones is 1. The highest BCUT2D eigenvalue weighted by molar-refractivity contribution is 6.44. The van der Waals surface area contributed by atoms with E-state index in [0.717, 1.165) is 18.4 Å². The van der Waals surface area contributed by atoms with E-state index in [2.05, 4.69) is 5.32 Å². The summed E-state index contributed by atoms with van der Waals surface area (Å²) >= 11 is 12.2. The van der Waals surface area contributed by atoms with Crippen molar-refractivity contribution in [3.8, 4) is 0 Å². The predicted molar refractivity (Wildman–Crippen MR) is 98.1 cm³/mol. The van der Waals surface area contributed by atoms with Gasteiger partial charge in [-0.25, -0.2) is 0 Å². The van der Waals surface area contributed by atoms with Crippen molar-refractivity contribution >= 4 is 34.9 Å². The van der Waals surface area contributed by atoms with Crippen LogP contribution in [0.25, 0.3) is 0 Å². The van der Waals surface area contributed by atoms with Gasteiger partial charge in [0.15, 0.2) is 5.78 Å². The number of benzene rings is 1. The first-order chi connectivity index (χ1) is 11.9. The molecule has 1 amide bonds. The van der Waals surface area contributed by atoms with Crippen LogP contribution >= 0.6 is 23.2 Å². The summed E-state index contributed by atoms with van der Waals surface area (Å²) in [5.41, 5.74) is 1.38. The molecule has 136 valence electrons. The van der Waals surface area contributed by atoms with Gasteiger partial charge in [0.25, 0.3) is 0 Å². The summed E-state index contributed by atoms with van der Waals surface area (Å²) in [5, 5.41) is 2.99. The lowest BCUT2D eigenvalue weighted by Crippen LogP contribution is -2.50. The van der Waals surface area contributed by atoms with Gasteiger partial charge in [0, 0.05) is 6.61 Å². The van der Waals surface area contributed by atoms with Crippen LogP contribution in [0.2, 0.25) is 0 Å². The quantitative estimate of drug-likeness (QED) is 0.631. The second kappa shape index (κ2) is 7.26. The maximum absolute atomic E-state index is 13.3. The molecular formula is C19H23Cl2NO3. The fourth-order valence-electron chi connectivity index (χ4n) is 4.17. The van der Waals surface area contributed by atoms with Gasteiger partial charge in [-0.15, -0.1) is 23.2 Å². The Labute approximate surface area is 158 Å². The second-order valence-corrected chi connectivity index (χ2v) is 8.00. The van der Waals surface area contributed by atoms with Crippen LogP contribution < -0.4 is 5.32 Å². The molecule has 1 aliphatic heterocycles. The Morgan fingerprint density at radius 2 is 1.96 bits per heavy atom. The van der Waals surface area contributed by atoms with E-state index in [1.165, 1.54) is 0 Å². The summed E-state index contributed by atoms with van der Waals surface area (Å²) < 4.78 is 5.67. The van der Waals surface area contributed by atoms with Crippen molar-refractivity contribution in [2.45, 2.75) is 61.9 Å². The third-order valence-electron chi connectivity index (χ3n) is 5.43. The van der Waals surface area contributed by atoms with Gasteiger partial charge in [-0.05, 0) is 56.2 Å². The SMILES string of the molecule is CCOC1CCC2(CC1)NC(=O)C(c1c(C)cccc1C(Cl)Cl)C2=O. The second-order valence-electron chi connectivity index (χ2n) is 6.90. The molecule has 1 N–H and O–H groups in total. The molecule has 1 atom stereocenters. The van der Waals surface area contributed by atoms with E-state index in [0.29, 0.717) is 30.6 Å². The monoisotopic (exact) mass is 383 g/mol. The zero-order chi connectivity index (χ0) is 18.2. The van der Waals surface area contributed by atoms with Gasteiger partial charge >= 0.3 is 0 Å². The molecule has 6 heteroatoms. The first-order valence-corrected chi connectivity index (χ1v) is 9.62. The average molecular weight is 384 g/mol. The molecule has 1 aliphatic carbocycles. The van der Waals surface area contributed by atoms with Gasteiger partial charge in [-0.1, -0.05) is 18.2 Å². The van der Waals surface area contributed by atoms with E-state index < -0.39 is 16.3 Å². The van der Waals surface area contributed by atoms with Crippen molar-refractivity contribution in [3.05, 3.63) is 34.9 Å². The molecule has 1 saturated heterocycles. The van der Waals surface area contributed by atoms with Crippen LogP contribution in [0.4, 0.5) is 0 Å². The number of carbonyl (C=O) groups is 2. The minimum atomic E-state index is -0.833. The number of nitrogens with one attached hydrogen (secondary N) is 1. The Morgan fingerprint density at radius 3 is 2.56 bits per heavy atom. The summed E-state index contributed by atoms with van der Waals surface area (Å²) in [5.74, 6) is -1.14. The number of Topliss-reactive ketones (excluding diaryl/α,β-unsaturated/α-hetero) is 1. The Kier molecular flexibility index (Phi) is 5.42. The molecule has 1 spiro atoms. The van der Waals surface area contributed by atoms with Crippen molar-refractivity contribution in [3.63, 3.8) is 0 Å². The molecule has 2 aliphatic rings. The highest BCUT2D eigenvalue weighted by Gasteiger charge is 2.54. The van der Waals surface area contributed by atoms with Crippen LogP contribution in [0.5, 0.6) is 0 Å². The van der Waals surface area contributed by atoms with E-state index in [1.807, 2.05) is 26.0 Å². The van der Waals surface area contributed by atoms with Gasteiger partial charge in [0.1, 0.15) is 10.8 Å². The smallest absolute Gasteiger partial charge is 0.235 e. The lowest BCUT2D eigenvalue weighted by Gasteiger charge is -2.35. The highest BCUT2D eigenvalue weighted by atomic mass is 35.5. The standard InChI is InChI=1S/C19H23Cl2NO3/c1-3-25-12-7-9-19(10-8-12)16(23)15(18(24)22-19)14-11(2)5-4-6-13(14)17(20)21/h4-6,12,15,17H,3,7-10H2,1-2H3,(H,22,24). The molecular weight excluding hydrogens is 361 g/mol. The molecule has 2 fully saturated rings. The number of amides is 1. The molecule has 0 bridgehead atoms. The molecule has 1 aromatic carbocycles. The van der Waals surface area contributed by atoms with Crippen LogP contribution in [-0.2, 0) is 14.3 Å². The average Bonchev–Trinajstić information content (AvgIpc) is 2.80. The summed E-state index contributed by atoms with van der Waals surface area (Å²) in [6, 6.07) is 5.50. The Hall–Kier alpha value is -1.10. The van der Waals surface area contributed by atoms with Gasteiger partial charge in [0.05, 0.1) is 11.6 Å². The lowest BCUT2D eigenvalue weighted by atomic mass is 9.75. The summed E-state index contributed by atoms with van der Waals surface area (Å²) in [4.78, 5) is 25.2. The number of halogens is 2. The van der Waals surface area contributed by atoms with Gasteiger partial charge < -0.3 is 10.1 Å². The molecule has 1 unspecified atom stereocenters. The maximum atomic E-state index is 13.3. The number of alkyl halides is 2. The van der Waals surface area contributed by atoms with Gasteiger partial charge in [0.2, 0.25) is 5.91 Å². The number of hydrogen-bond acceptors (Lipinski definition) is 3. The minimum Gasteiger partial charge on any atom is -0.379 e. The molecule has 0 radical (unpaired) electrons. The Morgan fingerprint density at radius 1 is 1.28 bits per heavy atom. The predicted octanol–water partition coefficient (Wildman–Crippen LogP) is 3.97. The molecule has 1 aromatic rings. The molecule has 3 rings (SSSR count). The fraction of sp³-hybridized carbons (Fsp3) is 0.579. The molecule has 1 saturated carbocycles. The molecule has 0 aromatic heterocycles. The highest BCUT2D eigenvalue weighted by Crippen LogP contribution is 2.43. The van der Waals surface area contributed by atoms with E-state index >= 15 is 0 Å².